The van der Waals surface area contributed by atoms with E-state index in [4.69, 9.17) is 15.2 Å². The van der Waals surface area contributed by atoms with Gasteiger partial charge in [0.25, 0.3) is 0 Å². The van der Waals surface area contributed by atoms with Crippen molar-refractivity contribution in [2.24, 2.45) is 0 Å². The number of nitrogens with two attached hydrogens (primary N) is 1. The van der Waals surface area contributed by atoms with Crippen LogP contribution in [0.2, 0.25) is 0 Å². The van der Waals surface area contributed by atoms with Crippen molar-refractivity contribution >= 4 is 37.3 Å². The first-order valence-corrected chi connectivity index (χ1v) is 14.4. The topological polar surface area (TPSA) is 109 Å². The molecule has 3 aliphatic heterocycles. The van der Waals surface area contributed by atoms with E-state index in [9.17, 15) is 14.0 Å². The summed E-state index contributed by atoms with van der Waals surface area (Å²) in [4.78, 5) is 10.7. The minimum Gasteiger partial charge on any atom is -0.472 e. The van der Waals surface area contributed by atoms with E-state index in [0.29, 0.717) is 30.1 Å². The average molecular weight is 583 g/mol. The van der Waals surface area contributed by atoms with Crippen LogP contribution in [-0.4, -0.2) is 66.5 Å². The van der Waals surface area contributed by atoms with Gasteiger partial charge in [-0.1, -0.05) is 12.1 Å². The highest BCUT2D eigenvalue weighted by Gasteiger charge is 2.34. The number of nitriles is 1. The molecule has 3 unspecified atom stereocenters. The second-order valence-corrected chi connectivity index (χ2v) is 11.5. The van der Waals surface area contributed by atoms with Crippen LogP contribution in [0.15, 0.2) is 24.3 Å². The SMILES string of the molecule is COc1nc(OC2CCNC2)c2ccc(-c3ccc(F)c4sc(N)c(C#N)c34)c(F)c2n1.FC1CC2CCCN2C1. The molecule has 12 heteroatoms. The van der Waals surface area contributed by atoms with Crippen LogP contribution in [0.1, 0.15) is 31.2 Å². The van der Waals surface area contributed by atoms with E-state index in [2.05, 4.69) is 20.2 Å². The van der Waals surface area contributed by atoms with Gasteiger partial charge in [-0.25, -0.2) is 13.2 Å². The maximum atomic E-state index is 15.8. The third kappa shape index (κ3) is 5.14. The zero-order chi connectivity index (χ0) is 28.7. The van der Waals surface area contributed by atoms with Crippen molar-refractivity contribution in [2.45, 2.75) is 44.0 Å². The average Bonchev–Trinajstić information content (AvgIpc) is 3.75. The summed E-state index contributed by atoms with van der Waals surface area (Å²) < 4.78 is 54.2. The fraction of sp³-hybridized carbons (Fsp3) is 0.414. The summed E-state index contributed by atoms with van der Waals surface area (Å²) in [6.45, 7) is 3.35. The molecule has 3 N–H and O–H groups in total. The first-order chi connectivity index (χ1) is 19.9. The van der Waals surface area contributed by atoms with Crippen molar-refractivity contribution < 1.29 is 22.6 Å². The molecule has 0 amide bonds. The molecule has 0 radical (unpaired) electrons. The van der Waals surface area contributed by atoms with Gasteiger partial charge in [0.05, 0.1) is 22.8 Å². The minimum atomic E-state index is -0.654. The molecular weight excluding hydrogens is 553 g/mol. The maximum Gasteiger partial charge on any atom is 0.320 e. The third-order valence-electron chi connectivity index (χ3n) is 7.91. The van der Waals surface area contributed by atoms with Gasteiger partial charge >= 0.3 is 6.01 Å². The Morgan fingerprint density at radius 1 is 1.17 bits per heavy atom. The second-order valence-electron chi connectivity index (χ2n) is 10.4. The molecule has 8 nitrogen and oxygen atoms in total. The van der Waals surface area contributed by atoms with E-state index in [-0.39, 0.29) is 49.7 Å². The Morgan fingerprint density at radius 3 is 2.73 bits per heavy atom. The Hall–Kier alpha value is -3.66. The highest BCUT2D eigenvalue weighted by Crippen LogP contribution is 2.43. The van der Waals surface area contributed by atoms with Crippen LogP contribution < -0.4 is 20.5 Å². The van der Waals surface area contributed by atoms with Crippen molar-refractivity contribution in [3.8, 4) is 29.1 Å². The van der Waals surface area contributed by atoms with Gasteiger partial charge in [0, 0.05) is 30.1 Å². The molecule has 3 saturated heterocycles. The summed E-state index contributed by atoms with van der Waals surface area (Å²) in [6.07, 6.45) is 3.52. The quantitative estimate of drug-likeness (QED) is 0.339. The van der Waals surface area contributed by atoms with Crippen LogP contribution in [0, 0.1) is 23.0 Å². The van der Waals surface area contributed by atoms with E-state index < -0.39 is 17.8 Å². The Kier molecular flexibility index (Phi) is 7.59. The zero-order valence-corrected chi connectivity index (χ0v) is 23.2. The number of ether oxygens (including phenoxy) is 2. The van der Waals surface area contributed by atoms with Gasteiger partial charge in [-0.15, -0.1) is 11.3 Å². The number of rotatable bonds is 4. The fourth-order valence-electron chi connectivity index (χ4n) is 5.94. The number of halogens is 3. The van der Waals surface area contributed by atoms with Gasteiger partial charge in [-0.3, -0.25) is 4.90 Å². The number of aromatic nitrogens is 2. The maximum absolute atomic E-state index is 15.8. The molecule has 5 heterocycles. The molecule has 2 aromatic carbocycles. The molecule has 0 saturated carbocycles. The van der Waals surface area contributed by atoms with Crippen LogP contribution in [0.3, 0.4) is 0 Å². The van der Waals surface area contributed by atoms with Crippen LogP contribution in [-0.2, 0) is 0 Å². The van der Waals surface area contributed by atoms with E-state index in [1.807, 2.05) is 6.07 Å². The first kappa shape index (κ1) is 27.5. The van der Waals surface area contributed by atoms with Crippen molar-refractivity contribution in [1.82, 2.24) is 20.2 Å². The number of thiophene rings is 1. The van der Waals surface area contributed by atoms with Crippen LogP contribution >= 0.6 is 11.3 Å². The van der Waals surface area contributed by atoms with Crippen molar-refractivity contribution in [2.75, 3.05) is 39.0 Å². The summed E-state index contributed by atoms with van der Waals surface area (Å²) in [7, 11) is 1.39. The van der Waals surface area contributed by atoms with Gasteiger partial charge in [-0.2, -0.15) is 15.2 Å². The summed E-state index contributed by atoms with van der Waals surface area (Å²) in [5.41, 5.74) is 6.56. The number of methoxy groups -OCH3 is 1. The number of nitrogens with zero attached hydrogens (tertiary/aromatic N) is 4. The molecule has 3 fully saturated rings. The highest BCUT2D eigenvalue weighted by atomic mass is 32.1. The van der Waals surface area contributed by atoms with Crippen molar-refractivity contribution in [3.63, 3.8) is 0 Å². The number of anilines is 1. The van der Waals surface area contributed by atoms with Gasteiger partial charge in [0.2, 0.25) is 5.88 Å². The lowest BCUT2D eigenvalue weighted by Gasteiger charge is -2.15. The molecule has 3 atom stereocenters. The number of hydrogen-bond donors (Lipinski definition) is 2. The lowest BCUT2D eigenvalue weighted by molar-refractivity contribution is 0.213. The zero-order valence-electron chi connectivity index (χ0n) is 22.4. The molecule has 4 aromatic rings. The molecule has 41 heavy (non-hydrogen) atoms. The van der Waals surface area contributed by atoms with E-state index in [1.165, 1.54) is 32.1 Å². The Morgan fingerprint density at radius 2 is 2.00 bits per heavy atom. The Bertz CT molecular complexity index is 1640. The summed E-state index contributed by atoms with van der Waals surface area (Å²) in [5, 5.41) is 13.6. The third-order valence-corrected chi connectivity index (χ3v) is 8.93. The van der Waals surface area contributed by atoms with Gasteiger partial charge in [-0.05, 0) is 56.5 Å². The van der Waals surface area contributed by atoms with Gasteiger partial charge < -0.3 is 20.5 Å². The largest absolute Gasteiger partial charge is 0.472 e. The molecule has 7 rings (SSSR count). The highest BCUT2D eigenvalue weighted by molar-refractivity contribution is 7.23. The number of hydrogen-bond acceptors (Lipinski definition) is 9. The molecule has 3 aliphatic rings. The van der Waals surface area contributed by atoms with Crippen LogP contribution in [0.4, 0.5) is 18.2 Å². The number of benzene rings is 2. The minimum absolute atomic E-state index is 0.00879. The van der Waals surface area contributed by atoms with E-state index in [0.717, 1.165) is 37.3 Å². The summed E-state index contributed by atoms with van der Waals surface area (Å²) in [6, 6.07) is 8.47. The molecule has 0 bridgehead atoms. The number of nitrogens with one attached hydrogen (secondary N) is 1. The number of fused-ring (bicyclic) bond motifs is 3. The Labute approximate surface area is 238 Å². The second kappa shape index (κ2) is 11.3. The lowest BCUT2D eigenvalue weighted by Crippen LogP contribution is -2.22. The van der Waals surface area contributed by atoms with E-state index in [1.54, 1.807) is 12.1 Å². The Balaban J connectivity index is 0.000000283. The molecule has 0 spiro atoms. The predicted octanol–water partition coefficient (Wildman–Crippen LogP) is 5.19. The number of alkyl halides is 1. The normalized spacial score (nSPS) is 22.0. The molecule has 2 aromatic heterocycles. The lowest BCUT2D eigenvalue weighted by atomic mass is 9.97. The van der Waals surface area contributed by atoms with Gasteiger partial charge in [0.1, 0.15) is 34.7 Å². The predicted molar refractivity (Wildman–Crippen MR) is 152 cm³/mol. The van der Waals surface area contributed by atoms with Crippen LogP contribution in [0.25, 0.3) is 32.1 Å². The monoisotopic (exact) mass is 582 g/mol. The molecule has 214 valence electrons. The van der Waals surface area contributed by atoms with E-state index >= 15 is 4.39 Å². The molecule has 0 aliphatic carbocycles. The first-order valence-electron chi connectivity index (χ1n) is 13.6. The summed E-state index contributed by atoms with van der Waals surface area (Å²) in [5.74, 6) is -0.945. The molecular formula is C29H29F3N6O2S. The van der Waals surface area contributed by atoms with Crippen molar-refractivity contribution in [1.29, 1.82) is 5.26 Å². The van der Waals surface area contributed by atoms with Gasteiger partial charge in [0.15, 0.2) is 5.82 Å². The standard InChI is InChI=1S/C22H17F2N5O2S.C7H12FN/c1-30-22-28-18-13(21(29-22)31-10-6-7-27-9-10)3-2-12(17(18)24)11-4-5-15(23)19-16(11)14(8-25)20(26)32-19;8-6-4-7-2-1-3-9(7)5-6/h2-5,10,27H,6-7,9,26H2,1H3;6-7H,1-5H2. The fourth-order valence-corrected chi connectivity index (χ4v) is 6.89. The number of nitrogen functional groups attached to an aromatic ring is 1. The van der Waals surface area contributed by atoms with Crippen LogP contribution in [0.5, 0.6) is 11.9 Å². The smallest absolute Gasteiger partial charge is 0.320 e. The summed E-state index contributed by atoms with van der Waals surface area (Å²) >= 11 is 0.961. The van der Waals surface area contributed by atoms with Crippen molar-refractivity contribution in [3.05, 3.63) is 41.5 Å².